The van der Waals surface area contributed by atoms with E-state index < -0.39 is 42.4 Å². The summed E-state index contributed by atoms with van der Waals surface area (Å²) in [6.45, 7) is 0. The number of ether oxygens (including phenoxy) is 1. The van der Waals surface area contributed by atoms with Gasteiger partial charge in [-0.15, -0.1) is 0 Å². The molecule has 0 spiro atoms. The molecule has 2 bridgehead atoms. The average molecular weight is 404 g/mol. The standard InChI is InChI=1S/C20H21FN2O6/c21-10-2-1-3-11-12(10)14(9-6-7-4-8(5-7)13(9)22-11)23-19-17(26)15(24)16(25)18(29-19)20(27)28/h1-3,7-8,15-19,24-26H,4-6H2,(H,22,23)(H,27,28)/t7?,8?,15-,16-,17+,18-,19+/m0/s1. The third kappa shape index (κ3) is 2.80. The van der Waals surface area contributed by atoms with Crippen molar-refractivity contribution in [2.75, 3.05) is 5.32 Å². The minimum absolute atomic E-state index is 0.232. The molecule has 1 aromatic carbocycles. The van der Waals surface area contributed by atoms with Crippen molar-refractivity contribution in [3.63, 3.8) is 0 Å². The Bertz CT molecular complexity index is 995. The van der Waals surface area contributed by atoms with Gasteiger partial charge in [0.1, 0.15) is 24.1 Å². The number of pyridine rings is 1. The molecule has 0 unspecified atom stereocenters. The molecule has 1 aliphatic heterocycles. The summed E-state index contributed by atoms with van der Waals surface area (Å²) in [7, 11) is 0. The van der Waals surface area contributed by atoms with Crippen LogP contribution in [0.15, 0.2) is 18.2 Å². The highest BCUT2D eigenvalue weighted by Crippen LogP contribution is 2.52. The number of carboxylic acid groups (broad SMARTS) is 1. The van der Waals surface area contributed by atoms with E-state index in [4.69, 9.17) is 4.74 Å². The molecule has 1 saturated heterocycles. The molecule has 3 aliphatic carbocycles. The van der Waals surface area contributed by atoms with Crippen molar-refractivity contribution >= 4 is 22.6 Å². The largest absolute Gasteiger partial charge is 0.479 e. The van der Waals surface area contributed by atoms with E-state index in [2.05, 4.69) is 10.3 Å². The van der Waals surface area contributed by atoms with Crippen molar-refractivity contribution in [3.8, 4) is 0 Å². The van der Waals surface area contributed by atoms with Crippen LogP contribution >= 0.6 is 0 Å². The molecule has 6 rings (SSSR count). The lowest BCUT2D eigenvalue weighted by atomic mass is 9.64. The highest BCUT2D eigenvalue weighted by Gasteiger charge is 2.48. The predicted molar refractivity (Wildman–Crippen MR) is 98.8 cm³/mol. The van der Waals surface area contributed by atoms with Crippen LogP contribution in [0, 0.1) is 11.7 Å². The number of nitrogens with zero attached hydrogens (tertiary/aromatic N) is 1. The Morgan fingerprint density at radius 1 is 1.17 bits per heavy atom. The minimum atomic E-state index is -1.78. The average Bonchev–Trinajstić information content (AvgIpc) is 2.66. The molecule has 154 valence electrons. The first kappa shape index (κ1) is 18.7. The second-order valence-corrected chi connectivity index (χ2v) is 8.15. The number of aromatic nitrogens is 1. The van der Waals surface area contributed by atoms with Crippen LogP contribution in [0.1, 0.15) is 30.0 Å². The lowest BCUT2D eigenvalue weighted by Gasteiger charge is -2.44. The van der Waals surface area contributed by atoms with E-state index in [0.29, 0.717) is 29.5 Å². The van der Waals surface area contributed by atoms with Crippen molar-refractivity contribution in [2.45, 2.75) is 55.8 Å². The zero-order valence-corrected chi connectivity index (χ0v) is 15.3. The molecule has 8 nitrogen and oxygen atoms in total. The van der Waals surface area contributed by atoms with E-state index in [-0.39, 0.29) is 5.39 Å². The summed E-state index contributed by atoms with van der Waals surface area (Å²) in [6, 6.07) is 4.58. The van der Waals surface area contributed by atoms with Gasteiger partial charge in [-0.3, -0.25) is 4.98 Å². The molecular formula is C20H21FN2O6. The maximum Gasteiger partial charge on any atom is 0.335 e. The highest BCUT2D eigenvalue weighted by molar-refractivity contribution is 5.94. The molecule has 4 aliphatic rings. The second-order valence-electron chi connectivity index (χ2n) is 8.15. The van der Waals surface area contributed by atoms with Crippen LogP contribution in [0.3, 0.4) is 0 Å². The lowest BCUT2D eigenvalue weighted by molar-refractivity contribution is -0.221. The Labute approximate surface area is 164 Å². The van der Waals surface area contributed by atoms with E-state index in [1.54, 1.807) is 12.1 Å². The van der Waals surface area contributed by atoms with Crippen molar-refractivity contribution in [2.24, 2.45) is 5.92 Å². The number of hydrogen-bond acceptors (Lipinski definition) is 7. The fourth-order valence-electron chi connectivity index (χ4n) is 4.79. The summed E-state index contributed by atoms with van der Waals surface area (Å²) in [5, 5.41) is 42.8. The number of rotatable bonds is 3. The molecule has 5 atom stereocenters. The second kappa shape index (κ2) is 6.60. The van der Waals surface area contributed by atoms with E-state index in [0.717, 1.165) is 24.1 Å². The smallest absolute Gasteiger partial charge is 0.335 e. The molecule has 0 amide bonds. The van der Waals surface area contributed by atoms with Crippen LogP contribution in [-0.2, 0) is 16.0 Å². The number of halogens is 1. The molecule has 29 heavy (non-hydrogen) atoms. The third-order valence-corrected chi connectivity index (χ3v) is 6.35. The van der Waals surface area contributed by atoms with E-state index >= 15 is 0 Å². The number of hydrogen-bond donors (Lipinski definition) is 5. The van der Waals surface area contributed by atoms with Crippen molar-refractivity contribution in [3.05, 3.63) is 35.3 Å². The van der Waals surface area contributed by atoms with Crippen LogP contribution in [0.25, 0.3) is 10.9 Å². The molecule has 2 heterocycles. The van der Waals surface area contributed by atoms with Gasteiger partial charge in [0, 0.05) is 11.6 Å². The van der Waals surface area contributed by atoms with Crippen molar-refractivity contribution in [1.29, 1.82) is 0 Å². The summed E-state index contributed by atoms with van der Waals surface area (Å²) in [5.41, 5.74) is 2.57. The van der Waals surface area contributed by atoms with Crippen LogP contribution in [0.4, 0.5) is 10.1 Å². The van der Waals surface area contributed by atoms with E-state index in [9.17, 15) is 29.6 Å². The normalized spacial score (nSPS) is 35.7. The molecule has 2 fully saturated rings. The molecular weight excluding hydrogens is 383 g/mol. The van der Waals surface area contributed by atoms with Crippen LogP contribution in [-0.4, -0.2) is 62.0 Å². The Hall–Kier alpha value is -2.33. The van der Waals surface area contributed by atoms with Crippen LogP contribution < -0.4 is 5.32 Å². The topological polar surface area (TPSA) is 132 Å². The summed E-state index contributed by atoms with van der Waals surface area (Å²) >= 11 is 0. The maximum atomic E-state index is 14.8. The first-order valence-electron chi connectivity index (χ1n) is 9.65. The quantitative estimate of drug-likeness (QED) is 0.506. The lowest BCUT2D eigenvalue weighted by Crippen LogP contribution is -2.61. The molecule has 1 aromatic heterocycles. The zero-order valence-electron chi connectivity index (χ0n) is 15.3. The van der Waals surface area contributed by atoms with Gasteiger partial charge in [0.2, 0.25) is 0 Å². The number of aliphatic hydroxyl groups is 3. The van der Waals surface area contributed by atoms with Gasteiger partial charge in [-0.25, -0.2) is 9.18 Å². The molecule has 0 radical (unpaired) electrons. The number of nitrogens with one attached hydrogen (secondary N) is 1. The Morgan fingerprint density at radius 2 is 1.93 bits per heavy atom. The zero-order chi connectivity index (χ0) is 20.4. The number of carboxylic acids is 1. The number of carbonyl (C=O) groups is 1. The van der Waals surface area contributed by atoms with Crippen molar-refractivity contribution < 1.29 is 34.3 Å². The number of anilines is 1. The maximum absolute atomic E-state index is 14.8. The number of aliphatic carboxylic acids is 1. The van der Waals surface area contributed by atoms with Gasteiger partial charge >= 0.3 is 5.97 Å². The van der Waals surface area contributed by atoms with Gasteiger partial charge in [-0.1, -0.05) is 6.07 Å². The number of benzene rings is 1. The summed E-state index contributed by atoms with van der Waals surface area (Å²) < 4.78 is 20.1. The fourth-order valence-corrected chi connectivity index (χ4v) is 4.79. The highest BCUT2D eigenvalue weighted by atomic mass is 19.1. The van der Waals surface area contributed by atoms with E-state index in [1.165, 1.54) is 6.07 Å². The summed E-state index contributed by atoms with van der Waals surface area (Å²) in [6.07, 6.45) is -5.43. The van der Waals surface area contributed by atoms with Gasteiger partial charge < -0.3 is 30.5 Å². The molecule has 2 aromatic rings. The SMILES string of the molecule is O=C(O)[C@H]1O[C@@H](Nc2c3c(nc4cccc(F)c24)C2CC(C3)C2)[C@H](O)[C@@H](O)[C@@H]1O. The van der Waals surface area contributed by atoms with Crippen molar-refractivity contribution in [1.82, 2.24) is 4.98 Å². The number of fused-ring (bicyclic) bond motifs is 1. The Kier molecular flexibility index (Phi) is 4.25. The van der Waals surface area contributed by atoms with Gasteiger partial charge in [0.25, 0.3) is 0 Å². The minimum Gasteiger partial charge on any atom is -0.479 e. The summed E-state index contributed by atoms with van der Waals surface area (Å²) in [4.78, 5) is 16.1. The predicted octanol–water partition coefficient (Wildman–Crippen LogP) is 0.728. The van der Waals surface area contributed by atoms with E-state index in [1.807, 2.05) is 0 Å². The number of aliphatic hydroxyl groups excluding tert-OH is 3. The van der Waals surface area contributed by atoms with Gasteiger partial charge in [0.05, 0.1) is 16.6 Å². The third-order valence-electron chi connectivity index (χ3n) is 6.35. The fraction of sp³-hybridized carbons (Fsp3) is 0.500. The Morgan fingerprint density at radius 3 is 2.66 bits per heavy atom. The first-order valence-corrected chi connectivity index (χ1v) is 9.65. The van der Waals surface area contributed by atoms with Crippen LogP contribution in [0.5, 0.6) is 0 Å². The van der Waals surface area contributed by atoms with Gasteiger partial charge in [-0.2, -0.15) is 0 Å². The molecule has 1 saturated carbocycles. The monoisotopic (exact) mass is 404 g/mol. The molecule has 5 N–H and O–H groups in total. The molecule has 9 heteroatoms. The summed E-state index contributed by atoms with van der Waals surface area (Å²) in [5.74, 6) is -1.19. The van der Waals surface area contributed by atoms with Gasteiger partial charge in [0.15, 0.2) is 12.3 Å². The van der Waals surface area contributed by atoms with Crippen LogP contribution in [0.2, 0.25) is 0 Å². The first-order chi connectivity index (χ1) is 13.8. The van der Waals surface area contributed by atoms with Gasteiger partial charge in [-0.05, 0) is 42.9 Å². The Balaban J connectivity index is 1.60.